The van der Waals surface area contributed by atoms with E-state index in [0.717, 1.165) is 38.5 Å². The Bertz CT molecular complexity index is 906. The molecule has 0 saturated heterocycles. The molecular weight excluding hydrogens is 424 g/mol. The Morgan fingerprint density at radius 1 is 1.09 bits per heavy atom. The molecule has 33 heavy (non-hydrogen) atoms. The number of ether oxygens (including phenoxy) is 1. The number of aliphatic carboxylic acids is 1. The monoisotopic (exact) mass is 460 g/mol. The lowest BCUT2D eigenvalue weighted by Gasteiger charge is -2.59. The van der Waals surface area contributed by atoms with Gasteiger partial charge in [-0.25, -0.2) is 0 Å². The van der Waals surface area contributed by atoms with Crippen molar-refractivity contribution in [3.8, 4) is 0 Å². The molecule has 2 N–H and O–H groups in total. The number of esters is 1. The van der Waals surface area contributed by atoms with Gasteiger partial charge in [-0.1, -0.05) is 26.3 Å². The van der Waals surface area contributed by atoms with Crippen LogP contribution in [0.1, 0.15) is 78.6 Å². The van der Waals surface area contributed by atoms with Gasteiger partial charge in [0.1, 0.15) is 5.60 Å². The van der Waals surface area contributed by atoms with Gasteiger partial charge < -0.3 is 14.9 Å². The normalized spacial score (nSPS) is 41.9. The number of carboxylic acid groups (broad SMARTS) is 1. The molecule has 0 radical (unpaired) electrons. The van der Waals surface area contributed by atoms with E-state index in [4.69, 9.17) is 9.84 Å². The van der Waals surface area contributed by atoms with Crippen molar-refractivity contribution < 1.29 is 34.1 Å². The Kier molecular flexibility index (Phi) is 6.09. The van der Waals surface area contributed by atoms with Gasteiger partial charge in [-0.15, -0.1) is 0 Å². The quantitative estimate of drug-likeness (QED) is 0.583. The minimum absolute atomic E-state index is 0.0196. The second-order valence-electron chi connectivity index (χ2n) is 11.3. The molecule has 182 valence electrons. The van der Waals surface area contributed by atoms with Crippen LogP contribution in [-0.4, -0.2) is 45.9 Å². The molecule has 3 fully saturated rings. The van der Waals surface area contributed by atoms with E-state index in [-0.39, 0.29) is 35.9 Å². The molecular formula is C26H36O7. The van der Waals surface area contributed by atoms with Gasteiger partial charge in [-0.2, -0.15) is 0 Å². The van der Waals surface area contributed by atoms with Crippen molar-refractivity contribution in [2.24, 2.45) is 34.5 Å². The topological polar surface area (TPSA) is 118 Å². The van der Waals surface area contributed by atoms with Crippen LogP contribution in [0.5, 0.6) is 0 Å². The Labute approximate surface area is 194 Å². The summed E-state index contributed by atoms with van der Waals surface area (Å²) in [5.41, 5.74) is -0.865. The van der Waals surface area contributed by atoms with Crippen LogP contribution in [0.25, 0.3) is 0 Å². The average Bonchev–Trinajstić information content (AvgIpc) is 2.98. The summed E-state index contributed by atoms with van der Waals surface area (Å²) < 4.78 is 5.06. The molecule has 4 rings (SSSR count). The van der Waals surface area contributed by atoms with Gasteiger partial charge in [-0.05, 0) is 73.7 Å². The molecule has 0 aromatic rings. The van der Waals surface area contributed by atoms with Crippen LogP contribution in [0.2, 0.25) is 0 Å². The molecule has 0 heterocycles. The zero-order valence-corrected chi connectivity index (χ0v) is 19.9. The summed E-state index contributed by atoms with van der Waals surface area (Å²) in [5.74, 6) is -1.31. The van der Waals surface area contributed by atoms with Crippen molar-refractivity contribution in [2.75, 3.05) is 6.61 Å². The molecule has 0 unspecified atom stereocenters. The summed E-state index contributed by atoms with van der Waals surface area (Å²) in [6, 6.07) is 0. The van der Waals surface area contributed by atoms with Gasteiger partial charge in [0.15, 0.2) is 12.4 Å². The van der Waals surface area contributed by atoms with E-state index >= 15 is 0 Å². The van der Waals surface area contributed by atoms with Crippen LogP contribution >= 0.6 is 0 Å². The van der Waals surface area contributed by atoms with E-state index in [1.165, 1.54) is 5.57 Å². The second kappa shape index (κ2) is 8.33. The lowest BCUT2D eigenvalue weighted by Crippen LogP contribution is -2.59. The molecule has 0 aromatic heterocycles. The van der Waals surface area contributed by atoms with Gasteiger partial charge >= 0.3 is 11.9 Å². The number of hydrogen-bond donors (Lipinski definition) is 2. The number of carbonyl (C=O) groups is 4. The first-order valence-corrected chi connectivity index (χ1v) is 12.3. The smallest absolute Gasteiger partial charge is 0.306 e. The first-order chi connectivity index (χ1) is 15.4. The predicted octanol–water partition coefficient (Wildman–Crippen LogP) is 3.47. The maximum atomic E-state index is 13.3. The number of carboxylic acids is 1. The first kappa shape index (κ1) is 24.1. The minimum Gasteiger partial charge on any atom is -0.481 e. The molecule has 0 spiro atoms. The molecule has 0 aromatic carbocycles. The molecule has 0 bridgehead atoms. The molecule has 7 heteroatoms. The van der Waals surface area contributed by atoms with E-state index in [1.54, 1.807) is 0 Å². The Balaban J connectivity index is 1.53. The largest absolute Gasteiger partial charge is 0.481 e. The summed E-state index contributed by atoms with van der Waals surface area (Å²) in [5, 5.41) is 20.6. The number of allylic oxidation sites excluding steroid dienone is 1. The number of rotatable bonds is 6. The number of carbonyl (C=O) groups excluding carboxylic acids is 3. The van der Waals surface area contributed by atoms with Crippen molar-refractivity contribution >= 4 is 23.5 Å². The van der Waals surface area contributed by atoms with Crippen molar-refractivity contribution in [1.29, 1.82) is 0 Å². The maximum Gasteiger partial charge on any atom is 0.306 e. The highest BCUT2D eigenvalue weighted by atomic mass is 16.5. The minimum atomic E-state index is -1.57. The van der Waals surface area contributed by atoms with Crippen molar-refractivity contribution in [3.05, 3.63) is 11.6 Å². The Morgan fingerprint density at radius 3 is 2.52 bits per heavy atom. The van der Waals surface area contributed by atoms with Gasteiger partial charge in [0.25, 0.3) is 0 Å². The number of ketones is 2. The van der Waals surface area contributed by atoms with Crippen LogP contribution in [0.15, 0.2) is 11.6 Å². The van der Waals surface area contributed by atoms with E-state index in [1.807, 2.05) is 19.9 Å². The van der Waals surface area contributed by atoms with E-state index < -0.39 is 35.3 Å². The number of Topliss-reactive ketones (excluding diaryl/α,β-unsaturated/α-hetero) is 1. The van der Waals surface area contributed by atoms with Gasteiger partial charge in [0, 0.05) is 11.8 Å². The zero-order chi connectivity index (χ0) is 24.2. The average molecular weight is 461 g/mol. The molecule has 3 saturated carbocycles. The molecule has 0 aliphatic heterocycles. The molecule has 7 atom stereocenters. The van der Waals surface area contributed by atoms with Gasteiger partial charge in [0.05, 0.1) is 12.8 Å². The number of fused-ring (bicyclic) bond motifs is 5. The number of hydrogen-bond acceptors (Lipinski definition) is 6. The standard InChI is InChI=1S/C26H36O7/c1-15-12-20-18-5-4-16-13-17(27)8-10-24(16,2)19(18)9-11-25(20,3)26(15,32)21(28)14-33-23(31)7-6-22(29)30/h13,15,18-20,32H,4-12,14H2,1-3H3,(H,29,30)/t15-,18-,19+,20+,24+,25+,26+/m1/s1. The predicted molar refractivity (Wildman–Crippen MR) is 119 cm³/mol. The highest BCUT2D eigenvalue weighted by Crippen LogP contribution is 2.68. The first-order valence-electron chi connectivity index (χ1n) is 12.3. The summed E-state index contributed by atoms with van der Waals surface area (Å²) >= 11 is 0. The lowest BCUT2D eigenvalue weighted by atomic mass is 9.46. The fourth-order valence-electron chi connectivity index (χ4n) is 8.03. The lowest BCUT2D eigenvalue weighted by molar-refractivity contribution is -0.175. The molecule has 0 amide bonds. The van der Waals surface area contributed by atoms with Crippen LogP contribution in [0.3, 0.4) is 0 Å². The maximum absolute atomic E-state index is 13.3. The molecule has 7 nitrogen and oxygen atoms in total. The van der Waals surface area contributed by atoms with Crippen molar-refractivity contribution in [1.82, 2.24) is 0 Å². The van der Waals surface area contributed by atoms with Crippen LogP contribution in [0.4, 0.5) is 0 Å². The van der Waals surface area contributed by atoms with Crippen LogP contribution in [-0.2, 0) is 23.9 Å². The Morgan fingerprint density at radius 2 is 1.82 bits per heavy atom. The third kappa shape index (κ3) is 3.67. The van der Waals surface area contributed by atoms with Crippen LogP contribution < -0.4 is 0 Å². The highest BCUT2D eigenvalue weighted by molar-refractivity contribution is 5.92. The van der Waals surface area contributed by atoms with Gasteiger partial charge in [-0.3, -0.25) is 19.2 Å². The van der Waals surface area contributed by atoms with Crippen molar-refractivity contribution in [3.63, 3.8) is 0 Å². The Hall–Kier alpha value is -2.02. The van der Waals surface area contributed by atoms with E-state index in [0.29, 0.717) is 18.3 Å². The number of aliphatic hydroxyl groups is 1. The fraction of sp³-hybridized carbons (Fsp3) is 0.769. The van der Waals surface area contributed by atoms with E-state index in [9.17, 15) is 24.3 Å². The zero-order valence-electron chi connectivity index (χ0n) is 19.9. The van der Waals surface area contributed by atoms with Crippen LogP contribution in [0, 0.1) is 34.5 Å². The molecule has 4 aliphatic carbocycles. The highest BCUT2D eigenvalue weighted by Gasteiger charge is 2.68. The van der Waals surface area contributed by atoms with Gasteiger partial charge in [0.2, 0.25) is 5.78 Å². The summed E-state index contributed by atoms with van der Waals surface area (Å²) in [6.07, 6.45) is 6.96. The van der Waals surface area contributed by atoms with Crippen molar-refractivity contribution in [2.45, 2.75) is 84.2 Å². The third-order valence-electron chi connectivity index (χ3n) is 9.88. The summed E-state index contributed by atoms with van der Waals surface area (Å²) in [6.45, 7) is 5.72. The summed E-state index contributed by atoms with van der Waals surface area (Å²) in [4.78, 5) is 47.8. The SMILES string of the molecule is C[C@@H]1C[C@H]2[C@@H]3CCC4=CC(=O)CC[C@]4(C)[C@H]3CC[C@]2(C)[C@@]1(O)C(=O)COC(=O)CCC(=O)O. The third-order valence-corrected chi connectivity index (χ3v) is 9.88. The molecule has 4 aliphatic rings. The second-order valence-corrected chi connectivity index (χ2v) is 11.3. The van der Waals surface area contributed by atoms with E-state index in [2.05, 4.69) is 6.92 Å². The fourth-order valence-corrected chi connectivity index (χ4v) is 8.03. The summed E-state index contributed by atoms with van der Waals surface area (Å²) in [7, 11) is 0.